The molecule has 1 aromatic carbocycles. The van der Waals surface area contributed by atoms with Gasteiger partial charge in [-0.3, -0.25) is 4.79 Å². The Morgan fingerprint density at radius 3 is 1.82 bits per heavy atom. The maximum absolute atomic E-state index is 12.3. The molecule has 4 nitrogen and oxygen atoms in total. The number of hydrogen-bond acceptors (Lipinski definition) is 3. The number of aromatic nitrogens is 1. The molecular formula is C29H45NO3. The second-order valence-corrected chi connectivity index (χ2v) is 9.34. The third kappa shape index (κ3) is 11.0. The summed E-state index contributed by atoms with van der Waals surface area (Å²) in [6, 6.07) is 8.47. The van der Waals surface area contributed by atoms with Gasteiger partial charge in [-0.15, -0.1) is 0 Å². The summed E-state index contributed by atoms with van der Waals surface area (Å²) in [5.74, 6) is 0.654. The van der Waals surface area contributed by atoms with Crippen molar-refractivity contribution in [1.29, 1.82) is 0 Å². The molecule has 0 spiro atoms. The Morgan fingerprint density at radius 1 is 0.758 bits per heavy atom. The molecule has 0 amide bonds. The van der Waals surface area contributed by atoms with Gasteiger partial charge in [0, 0.05) is 18.8 Å². The van der Waals surface area contributed by atoms with Crippen molar-refractivity contribution in [3.05, 3.63) is 58.0 Å². The van der Waals surface area contributed by atoms with E-state index in [1.54, 1.807) is 30.3 Å². The number of benzene rings is 1. The van der Waals surface area contributed by atoms with Crippen LogP contribution in [-0.2, 0) is 13.2 Å². The SMILES string of the molecule is CCCCCCCCCCCCCCCCn1ccc(=O)c(OCc2ccc(O)cc2)c1C. The molecule has 33 heavy (non-hydrogen) atoms. The van der Waals surface area contributed by atoms with Gasteiger partial charge >= 0.3 is 0 Å². The maximum atomic E-state index is 12.3. The summed E-state index contributed by atoms with van der Waals surface area (Å²) in [7, 11) is 0. The highest BCUT2D eigenvalue weighted by molar-refractivity contribution is 5.29. The van der Waals surface area contributed by atoms with Crippen LogP contribution in [0, 0.1) is 6.92 Å². The summed E-state index contributed by atoms with van der Waals surface area (Å²) in [6.07, 6.45) is 20.8. The Balaban J connectivity index is 1.58. The van der Waals surface area contributed by atoms with Gasteiger partial charge in [-0.2, -0.15) is 0 Å². The summed E-state index contributed by atoms with van der Waals surface area (Å²) in [5, 5.41) is 9.40. The molecule has 1 heterocycles. The molecule has 0 aliphatic rings. The van der Waals surface area contributed by atoms with E-state index in [1.165, 1.54) is 83.5 Å². The number of ether oxygens (including phenoxy) is 1. The summed E-state index contributed by atoms with van der Waals surface area (Å²) in [5.41, 5.74) is 1.73. The van der Waals surface area contributed by atoms with E-state index in [-0.39, 0.29) is 11.2 Å². The number of unbranched alkanes of at least 4 members (excludes halogenated alkanes) is 13. The van der Waals surface area contributed by atoms with Crippen LogP contribution in [0.3, 0.4) is 0 Å². The first-order valence-corrected chi connectivity index (χ1v) is 13.2. The van der Waals surface area contributed by atoms with Crippen LogP contribution >= 0.6 is 0 Å². The van der Waals surface area contributed by atoms with Crippen LogP contribution in [0.4, 0.5) is 0 Å². The van der Waals surface area contributed by atoms with E-state index in [2.05, 4.69) is 11.5 Å². The highest BCUT2D eigenvalue weighted by Gasteiger charge is 2.09. The molecule has 4 heteroatoms. The molecule has 0 saturated carbocycles. The molecule has 0 aliphatic carbocycles. The largest absolute Gasteiger partial charge is 0.508 e. The van der Waals surface area contributed by atoms with Gasteiger partial charge in [0.1, 0.15) is 12.4 Å². The molecule has 1 N–H and O–H groups in total. The average Bonchev–Trinajstić information content (AvgIpc) is 2.81. The van der Waals surface area contributed by atoms with Gasteiger partial charge in [-0.05, 0) is 31.0 Å². The second-order valence-electron chi connectivity index (χ2n) is 9.34. The van der Waals surface area contributed by atoms with Gasteiger partial charge in [0.15, 0.2) is 5.75 Å². The van der Waals surface area contributed by atoms with E-state index in [9.17, 15) is 9.90 Å². The van der Waals surface area contributed by atoms with Crippen LogP contribution in [0.25, 0.3) is 0 Å². The molecule has 0 aliphatic heterocycles. The van der Waals surface area contributed by atoms with Crippen LogP contribution in [0.5, 0.6) is 11.5 Å². The molecule has 2 rings (SSSR count). The third-order valence-corrected chi connectivity index (χ3v) is 6.46. The maximum Gasteiger partial charge on any atom is 0.223 e. The van der Waals surface area contributed by atoms with Crippen molar-refractivity contribution < 1.29 is 9.84 Å². The van der Waals surface area contributed by atoms with Crippen LogP contribution < -0.4 is 10.2 Å². The fourth-order valence-corrected chi connectivity index (χ4v) is 4.30. The summed E-state index contributed by atoms with van der Waals surface area (Å²) >= 11 is 0. The standard InChI is InChI=1S/C29H45NO3/c1-3-4-5-6-7-8-9-10-11-12-13-14-15-16-22-30-23-21-28(32)29(25(30)2)33-24-26-17-19-27(31)20-18-26/h17-21,23,31H,3-16,22,24H2,1-2H3. The Labute approximate surface area is 201 Å². The van der Waals surface area contributed by atoms with Crippen molar-refractivity contribution in [2.75, 3.05) is 0 Å². The predicted molar refractivity (Wildman–Crippen MR) is 138 cm³/mol. The van der Waals surface area contributed by atoms with Gasteiger partial charge in [0.25, 0.3) is 0 Å². The first-order chi connectivity index (χ1) is 16.1. The lowest BCUT2D eigenvalue weighted by atomic mass is 10.0. The lowest BCUT2D eigenvalue weighted by molar-refractivity contribution is 0.296. The molecule has 0 unspecified atom stereocenters. The number of phenols is 1. The molecule has 0 saturated heterocycles. The second kappa shape index (κ2) is 16.4. The minimum atomic E-state index is -0.0801. The minimum Gasteiger partial charge on any atom is -0.508 e. The third-order valence-electron chi connectivity index (χ3n) is 6.46. The molecule has 0 bridgehead atoms. The Kier molecular flexibility index (Phi) is 13.4. The van der Waals surface area contributed by atoms with Crippen molar-refractivity contribution in [3.8, 4) is 11.5 Å². The number of phenolic OH excluding ortho intramolecular Hbond substituents is 1. The Morgan fingerprint density at radius 2 is 1.27 bits per heavy atom. The van der Waals surface area contributed by atoms with E-state index in [4.69, 9.17) is 4.74 Å². The van der Waals surface area contributed by atoms with Gasteiger partial charge in [0.05, 0.1) is 5.69 Å². The molecule has 0 fully saturated rings. The topological polar surface area (TPSA) is 51.5 Å². The van der Waals surface area contributed by atoms with E-state index in [0.717, 1.165) is 24.2 Å². The van der Waals surface area contributed by atoms with Crippen molar-refractivity contribution in [3.63, 3.8) is 0 Å². The smallest absolute Gasteiger partial charge is 0.223 e. The fraction of sp³-hybridized carbons (Fsp3) is 0.621. The van der Waals surface area contributed by atoms with Crippen molar-refractivity contribution in [2.45, 2.75) is 117 Å². The summed E-state index contributed by atoms with van der Waals surface area (Å²) in [6.45, 7) is 5.47. The van der Waals surface area contributed by atoms with Gasteiger partial charge in [-0.1, -0.05) is 103 Å². The average molecular weight is 456 g/mol. The highest BCUT2D eigenvalue weighted by atomic mass is 16.5. The van der Waals surface area contributed by atoms with Gasteiger partial charge < -0.3 is 14.4 Å². The first-order valence-electron chi connectivity index (χ1n) is 13.2. The van der Waals surface area contributed by atoms with Crippen molar-refractivity contribution in [2.24, 2.45) is 0 Å². The zero-order valence-electron chi connectivity index (χ0n) is 21.0. The van der Waals surface area contributed by atoms with Crippen molar-refractivity contribution in [1.82, 2.24) is 4.57 Å². The fourth-order valence-electron chi connectivity index (χ4n) is 4.30. The first kappa shape index (κ1) is 27.0. The van der Waals surface area contributed by atoms with E-state index in [0.29, 0.717) is 12.4 Å². The van der Waals surface area contributed by atoms with Crippen LogP contribution in [0.1, 0.15) is 108 Å². The molecule has 1 aromatic heterocycles. The monoisotopic (exact) mass is 455 g/mol. The lowest BCUT2D eigenvalue weighted by Crippen LogP contribution is -2.15. The van der Waals surface area contributed by atoms with Crippen LogP contribution in [-0.4, -0.2) is 9.67 Å². The normalized spacial score (nSPS) is 11.1. The minimum absolute atomic E-state index is 0.0801. The highest BCUT2D eigenvalue weighted by Crippen LogP contribution is 2.17. The number of nitrogens with zero attached hydrogens (tertiary/aromatic N) is 1. The molecule has 184 valence electrons. The van der Waals surface area contributed by atoms with E-state index < -0.39 is 0 Å². The molecule has 2 aromatic rings. The summed E-state index contributed by atoms with van der Waals surface area (Å²) < 4.78 is 7.98. The molecular weight excluding hydrogens is 410 g/mol. The number of rotatable bonds is 18. The quantitative estimate of drug-likeness (QED) is 0.232. The number of aromatic hydroxyl groups is 1. The Bertz CT molecular complexity index is 826. The number of hydrogen-bond donors (Lipinski definition) is 1. The van der Waals surface area contributed by atoms with E-state index in [1.807, 2.05) is 13.1 Å². The van der Waals surface area contributed by atoms with Gasteiger partial charge in [-0.25, -0.2) is 0 Å². The van der Waals surface area contributed by atoms with Crippen molar-refractivity contribution >= 4 is 0 Å². The van der Waals surface area contributed by atoms with Crippen LogP contribution in [0.15, 0.2) is 41.3 Å². The molecule has 0 atom stereocenters. The number of aryl methyl sites for hydroxylation is 1. The summed E-state index contributed by atoms with van der Waals surface area (Å²) in [4.78, 5) is 12.3. The van der Waals surface area contributed by atoms with Gasteiger partial charge in [0.2, 0.25) is 5.43 Å². The molecule has 0 radical (unpaired) electrons. The van der Waals surface area contributed by atoms with E-state index >= 15 is 0 Å². The lowest BCUT2D eigenvalue weighted by Gasteiger charge is -2.15. The number of pyridine rings is 1. The zero-order valence-corrected chi connectivity index (χ0v) is 21.0. The zero-order chi connectivity index (χ0) is 23.7. The Hall–Kier alpha value is -2.23. The van der Waals surface area contributed by atoms with Crippen LogP contribution in [0.2, 0.25) is 0 Å². The predicted octanol–water partition coefficient (Wildman–Crippen LogP) is 7.92.